The first kappa shape index (κ1) is 21.1. The lowest BCUT2D eigenvalue weighted by molar-refractivity contribution is 0.0526. The second-order valence-corrected chi connectivity index (χ2v) is 5.75. The number of ether oxygens (including phenoxy) is 3. The number of primary amides is 1. The van der Waals surface area contributed by atoms with E-state index in [-0.39, 0.29) is 12.4 Å². The summed E-state index contributed by atoms with van der Waals surface area (Å²) in [5.41, 5.74) is 4.59. The molecular formula is C20H21F2NO5. The van der Waals surface area contributed by atoms with E-state index in [9.17, 15) is 18.4 Å². The minimum absolute atomic E-state index is 0.159. The van der Waals surface area contributed by atoms with Crippen LogP contribution in [0.1, 0.15) is 40.5 Å². The molecule has 0 atom stereocenters. The summed E-state index contributed by atoms with van der Waals surface area (Å²) in [6, 6.07) is 8.61. The quantitative estimate of drug-likeness (QED) is 0.493. The molecule has 0 unspecified atom stereocenters. The van der Waals surface area contributed by atoms with Gasteiger partial charge in [-0.1, -0.05) is 0 Å². The number of carbonyl (C=O) groups excluding carboxylic acids is 2. The summed E-state index contributed by atoms with van der Waals surface area (Å²) >= 11 is 0. The highest BCUT2D eigenvalue weighted by Crippen LogP contribution is 2.23. The van der Waals surface area contributed by atoms with E-state index in [2.05, 4.69) is 0 Å². The standard InChI is InChI=1S/C20H21F2NO5/c1-2-26-20(25)13-5-7-14(8-6-13)27-11-3-4-12-28-16-10-9-15(21)17(18(16)22)19(23)24/h5-10H,2-4,11-12H2,1H3,(H2,23,24). The topological polar surface area (TPSA) is 87.8 Å². The molecule has 0 fully saturated rings. The van der Waals surface area contributed by atoms with Crippen molar-refractivity contribution < 1.29 is 32.6 Å². The highest BCUT2D eigenvalue weighted by atomic mass is 19.1. The van der Waals surface area contributed by atoms with Crippen molar-refractivity contribution in [1.29, 1.82) is 0 Å². The van der Waals surface area contributed by atoms with Crippen LogP contribution in [-0.2, 0) is 4.74 Å². The average Bonchev–Trinajstić information content (AvgIpc) is 2.66. The fraction of sp³-hybridized carbons (Fsp3) is 0.300. The van der Waals surface area contributed by atoms with E-state index >= 15 is 0 Å². The van der Waals surface area contributed by atoms with Crippen LogP contribution in [0.25, 0.3) is 0 Å². The van der Waals surface area contributed by atoms with Crippen molar-refractivity contribution in [2.45, 2.75) is 19.8 Å². The Kier molecular flexibility index (Phi) is 7.74. The van der Waals surface area contributed by atoms with Gasteiger partial charge < -0.3 is 19.9 Å². The summed E-state index contributed by atoms with van der Waals surface area (Å²) in [6.07, 6.45) is 1.16. The predicted octanol–water partition coefficient (Wildman–Crippen LogP) is 3.48. The third-order valence-corrected chi connectivity index (χ3v) is 3.73. The first-order valence-corrected chi connectivity index (χ1v) is 8.74. The van der Waals surface area contributed by atoms with Gasteiger partial charge in [0.15, 0.2) is 11.6 Å². The van der Waals surface area contributed by atoms with Gasteiger partial charge in [0.2, 0.25) is 0 Å². The van der Waals surface area contributed by atoms with E-state index < -0.39 is 29.1 Å². The molecule has 28 heavy (non-hydrogen) atoms. The number of hydrogen-bond donors (Lipinski definition) is 1. The highest BCUT2D eigenvalue weighted by molar-refractivity contribution is 5.93. The second-order valence-electron chi connectivity index (χ2n) is 5.75. The van der Waals surface area contributed by atoms with Crippen molar-refractivity contribution in [3.63, 3.8) is 0 Å². The fourth-order valence-corrected chi connectivity index (χ4v) is 2.35. The number of esters is 1. The Hall–Kier alpha value is -3.16. The molecule has 0 spiro atoms. The van der Waals surface area contributed by atoms with Crippen LogP contribution in [0.2, 0.25) is 0 Å². The number of carbonyl (C=O) groups is 2. The van der Waals surface area contributed by atoms with Crippen molar-refractivity contribution in [1.82, 2.24) is 0 Å². The largest absolute Gasteiger partial charge is 0.494 e. The molecule has 0 saturated carbocycles. The van der Waals surface area contributed by atoms with Crippen LogP contribution in [0.3, 0.4) is 0 Å². The average molecular weight is 393 g/mol. The van der Waals surface area contributed by atoms with E-state index in [4.69, 9.17) is 19.9 Å². The molecule has 0 bridgehead atoms. The van der Waals surface area contributed by atoms with Crippen molar-refractivity contribution >= 4 is 11.9 Å². The Bertz CT molecular complexity index is 824. The number of benzene rings is 2. The third-order valence-electron chi connectivity index (χ3n) is 3.73. The fourth-order valence-electron chi connectivity index (χ4n) is 2.35. The molecule has 6 nitrogen and oxygen atoms in total. The monoisotopic (exact) mass is 393 g/mol. The predicted molar refractivity (Wildman–Crippen MR) is 97.5 cm³/mol. The molecule has 0 aliphatic heterocycles. The molecule has 0 aliphatic rings. The van der Waals surface area contributed by atoms with Crippen LogP contribution in [-0.4, -0.2) is 31.7 Å². The zero-order chi connectivity index (χ0) is 20.5. The Morgan fingerprint density at radius 1 is 0.964 bits per heavy atom. The smallest absolute Gasteiger partial charge is 0.338 e. The van der Waals surface area contributed by atoms with E-state index in [0.717, 1.165) is 12.1 Å². The second kappa shape index (κ2) is 10.2. The molecule has 2 rings (SSSR count). The van der Waals surface area contributed by atoms with Gasteiger partial charge in [-0.25, -0.2) is 13.6 Å². The van der Waals surface area contributed by atoms with Crippen LogP contribution in [0.15, 0.2) is 36.4 Å². The maximum atomic E-state index is 14.0. The lowest BCUT2D eigenvalue weighted by atomic mass is 10.1. The summed E-state index contributed by atoms with van der Waals surface area (Å²) in [7, 11) is 0. The molecule has 1 amide bonds. The van der Waals surface area contributed by atoms with Crippen LogP contribution in [0.5, 0.6) is 11.5 Å². The zero-order valence-corrected chi connectivity index (χ0v) is 15.4. The SMILES string of the molecule is CCOC(=O)c1ccc(OCCCCOc2ccc(F)c(C(N)=O)c2F)cc1. The van der Waals surface area contributed by atoms with Gasteiger partial charge in [0.1, 0.15) is 17.1 Å². The van der Waals surface area contributed by atoms with Gasteiger partial charge in [-0.15, -0.1) is 0 Å². The number of hydrogen-bond acceptors (Lipinski definition) is 5. The lowest BCUT2D eigenvalue weighted by Crippen LogP contribution is -2.16. The van der Waals surface area contributed by atoms with E-state index in [0.29, 0.717) is 37.4 Å². The molecule has 2 aromatic rings. The Morgan fingerprint density at radius 3 is 2.21 bits per heavy atom. The lowest BCUT2D eigenvalue weighted by Gasteiger charge is -2.10. The van der Waals surface area contributed by atoms with Gasteiger partial charge in [-0.2, -0.15) is 0 Å². The molecule has 0 radical (unpaired) electrons. The molecule has 150 valence electrons. The molecule has 0 aromatic heterocycles. The maximum Gasteiger partial charge on any atom is 0.338 e. The number of amides is 1. The summed E-state index contributed by atoms with van der Waals surface area (Å²) in [6.45, 7) is 2.59. The van der Waals surface area contributed by atoms with Crippen LogP contribution >= 0.6 is 0 Å². The molecular weight excluding hydrogens is 372 g/mol. The molecule has 0 aliphatic carbocycles. The molecule has 8 heteroatoms. The Labute approximate surface area is 161 Å². The van der Waals surface area contributed by atoms with Crippen LogP contribution in [0.4, 0.5) is 8.78 Å². The molecule has 2 aromatic carbocycles. The van der Waals surface area contributed by atoms with Crippen LogP contribution in [0, 0.1) is 11.6 Å². The first-order chi connectivity index (χ1) is 13.4. The van der Waals surface area contributed by atoms with E-state index in [1.54, 1.807) is 31.2 Å². The number of nitrogens with two attached hydrogens (primary N) is 1. The Morgan fingerprint density at radius 2 is 1.61 bits per heavy atom. The van der Waals surface area contributed by atoms with Gasteiger partial charge >= 0.3 is 5.97 Å². The van der Waals surface area contributed by atoms with Gasteiger partial charge in [0.05, 0.1) is 25.4 Å². The van der Waals surface area contributed by atoms with Gasteiger partial charge in [-0.3, -0.25) is 4.79 Å². The summed E-state index contributed by atoms with van der Waals surface area (Å²) in [5.74, 6) is -3.35. The van der Waals surface area contributed by atoms with Crippen molar-refractivity contribution in [2.24, 2.45) is 5.73 Å². The zero-order valence-electron chi connectivity index (χ0n) is 15.4. The minimum Gasteiger partial charge on any atom is -0.494 e. The summed E-state index contributed by atoms with van der Waals surface area (Å²) in [4.78, 5) is 22.6. The van der Waals surface area contributed by atoms with Gasteiger partial charge in [0.25, 0.3) is 5.91 Å². The van der Waals surface area contributed by atoms with Crippen molar-refractivity contribution in [3.05, 3.63) is 59.2 Å². The molecule has 2 N–H and O–H groups in total. The normalized spacial score (nSPS) is 10.4. The molecule has 0 saturated heterocycles. The summed E-state index contributed by atoms with van der Waals surface area (Å²) < 4.78 is 43.1. The number of halogens is 2. The van der Waals surface area contributed by atoms with Crippen LogP contribution < -0.4 is 15.2 Å². The van der Waals surface area contributed by atoms with Crippen molar-refractivity contribution in [3.8, 4) is 11.5 Å². The number of rotatable bonds is 10. The Balaban J connectivity index is 1.73. The summed E-state index contributed by atoms with van der Waals surface area (Å²) in [5, 5.41) is 0. The van der Waals surface area contributed by atoms with Crippen molar-refractivity contribution in [2.75, 3.05) is 19.8 Å². The molecule has 0 heterocycles. The van der Waals surface area contributed by atoms with Gasteiger partial charge in [0, 0.05) is 0 Å². The first-order valence-electron chi connectivity index (χ1n) is 8.74. The highest BCUT2D eigenvalue weighted by Gasteiger charge is 2.19. The van der Waals surface area contributed by atoms with E-state index in [1.807, 2.05) is 0 Å². The number of unbranched alkanes of at least 4 members (excludes halogenated alkanes) is 1. The third kappa shape index (κ3) is 5.67. The van der Waals surface area contributed by atoms with Gasteiger partial charge in [-0.05, 0) is 56.2 Å². The minimum atomic E-state index is -1.19. The van der Waals surface area contributed by atoms with E-state index in [1.165, 1.54) is 0 Å². The maximum absolute atomic E-state index is 14.0.